The number of rotatable bonds is 6. The number of hydrogen-bond donors (Lipinski definition) is 3. The van der Waals surface area contributed by atoms with Crippen LogP contribution < -0.4 is 16.0 Å². The van der Waals surface area contributed by atoms with Crippen molar-refractivity contribution in [3.63, 3.8) is 0 Å². The fourth-order valence-corrected chi connectivity index (χ4v) is 2.04. The van der Waals surface area contributed by atoms with Crippen molar-refractivity contribution in [2.45, 2.75) is 39.7 Å². The van der Waals surface area contributed by atoms with E-state index in [-0.39, 0.29) is 36.0 Å². The summed E-state index contributed by atoms with van der Waals surface area (Å²) in [6.45, 7) is 8.63. The van der Waals surface area contributed by atoms with Crippen LogP contribution in [-0.2, 0) is 9.53 Å². The molecule has 1 rings (SSSR count). The van der Waals surface area contributed by atoms with Gasteiger partial charge < -0.3 is 20.7 Å². The smallest absolute Gasteiger partial charge is 0.227 e. The fraction of sp³-hybridized carbons (Fsp3) is 0.857. The lowest BCUT2D eigenvalue weighted by Gasteiger charge is -2.21. The van der Waals surface area contributed by atoms with Gasteiger partial charge in [-0.1, -0.05) is 0 Å². The van der Waals surface area contributed by atoms with Gasteiger partial charge in [-0.05, 0) is 33.6 Å². The molecule has 1 saturated heterocycles. The van der Waals surface area contributed by atoms with E-state index in [4.69, 9.17) is 4.74 Å². The highest BCUT2D eigenvalue weighted by atomic mass is 127. The molecule has 0 aromatic rings. The van der Waals surface area contributed by atoms with Crippen LogP contribution in [0.2, 0.25) is 0 Å². The van der Waals surface area contributed by atoms with Crippen LogP contribution in [-0.4, -0.2) is 51.3 Å². The summed E-state index contributed by atoms with van der Waals surface area (Å²) in [4.78, 5) is 16.2. The monoisotopic (exact) mass is 412 g/mol. The maximum atomic E-state index is 11.7. The second-order valence-electron chi connectivity index (χ2n) is 5.67. The van der Waals surface area contributed by atoms with E-state index in [9.17, 15) is 4.79 Å². The Hall–Kier alpha value is -0.570. The molecule has 0 spiro atoms. The molecule has 0 aromatic carbocycles. The normalized spacial score (nSPS) is 18.9. The van der Waals surface area contributed by atoms with Gasteiger partial charge in [0.15, 0.2) is 5.96 Å². The molecule has 1 aliphatic heterocycles. The molecule has 6 nitrogen and oxygen atoms in total. The third kappa shape index (κ3) is 7.30. The lowest BCUT2D eigenvalue weighted by molar-refractivity contribution is -0.128. The maximum Gasteiger partial charge on any atom is 0.227 e. The molecule has 0 saturated carbocycles. The minimum atomic E-state index is -0.513. The van der Waals surface area contributed by atoms with Gasteiger partial charge in [-0.25, -0.2) is 0 Å². The van der Waals surface area contributed by atoms with E-state index in [1.165, 1.54) is 0 Å². The Labute approximate surface area is 144 Å². The number of carbonyl (C=O) groups is 1. The Balaban J connectivity index is 0.00000400. The summed E-state index contributed by atoms with van der Waals surface area (Å²) in [7, 11) is 1.65. The molecule has 1 aliphatic rings. The van der Waals surface area contributed by atoms with E-state index in [0.29, 0.717) is 6.54 Å². The number of halogens is 1. The van der Waals surface area contributed by atoms with E-state index in [0.717, 1.165) is 38.5 Å². The Kier molecular flexibility index (Phi) is 9.93. The van der Waals surface area contributed by atoms with Crippen LogP contribution in [0.4, 0.5) is 0 Å². The minimum absolute atomic E-state index is 0. The number of nitrogens with zero attached hydrogens (tertiary/aromatic N) is 1. The van der Waals surface area contributed by atoms with Crippen molar-refractivity contribution in [1.29, 1.82) is 0 Å². The van der Waals surface area contributed by atoms with Gasteiger partial charge in [0.25, 0.3) is 0 Å². The summed E-state index contributed by atoms with van der Waals surface area (Å²) >= 11 is 0. The largest absolute Gasteiger partial charge is 0.376 e. The Bertz CT molecular complexity index is 342. The molecular formula is C14H29IN4O2. The Morgan fingerprint density at radius 2 is 2.10 bits per heavy atom. The quantitative estimate of drug-likeness (QED) is 0.347. The predicted octanol–water partition coefficient (Wildman–Crippen LogP) is 1.11. The molecule has 0 aliphatic carbocycles. The third-order valence-electron chi connectivity index (χ3n) is 3.34. The van der Waals surface area contributed by atoms with Crippen LogP contribution >= 0.6 is 24.0 Å². The molecule has 1 fully saturated rings. The average molecular weight is 412 g/mol. The Morgan fingerprint density at radius 1 is 1.38 bits per heavy atom. The highest BCUT2D eigenvalue weighted by Crippen LogP contribution is 2.15. The summed E-state index contributed by atoms with van der Waals surface area (Å²) in [5.41, 5.74) is -0.513. The maximum absolute atomic E-state index is 11.7. The lowest BCUT2D eigenvalue weighted by atomic mass is 9.93. The number of guanidine groups is 1. The van der Waals surface area contributed by atoms with Crippen molar-refractivity contribution in [2.75, 3.05) is 33.3 Å². The molecule has 124 valence electrons. The van der Waals surface area contributed by atoms with Crippen molar-refractivity contribution in [3.05, 3.63) is 0 Å². The lowest BCUT2D eigenvalue weighted by Crippen LogP contribution is -2.43. The van der Waals surface area contributed by atoms with Crippen LogP contribution in [0.5, 0.6) is 0 Å². The van der Waals surface area contributed by atoms with Crippen molar-refractivity contribution in [1.82, 2.24) is 16.0 Å². The first-order valence-electron chi connectivity index (χ1n) is 7.35. The summed E-state index contributed by atoms with van der Waals surface area (Å²) in [5.74, 6) is 0.733. The molecule has 1 atom stereocenters. The number of carbonyl (C=O) groups excluding carboxylic acids is 1. The van der Waals surface area contributed by atoms with Crippen molar-refractivity contribution in [2.24, 2.45) is 10.4 Å². The zero-order chi connectivity index (χ0) is 15.0. The van der Waals surface area contributed by atoms with Crippen LogP contribution in [0.1, 0.15) is 33.6 Å². The molecule has 3 N–H and O–H groups in total. The van der Waals surface area contributed by atoms with E-state index in [2.05, 4.69) is 20.9 Å². The average Bonchev–Trinajstić information content (AvgIpc) is 2.94. The zero-order valence-electron chi connectivity index (χ0n) is 13.5. The summed E-state index contributed by atoms with van der Waals surface area (Å²) in [5, 5.41) is 9.13. The van der Waals surface area contributed by atoms with Gasteiger partial charge >= 0.3 is 0 Å². The van der Waals surface area contributed by atoms with E-state index < -0.39 is 5.41 Å². The first kappa shape index (κ1) is 20.4. The number of ether oxygens (including phenoxy) is 1. The minimum Gasteiger partial charge on any atom is -0.376 e. The second kappa shape index (κ2) is 10.2. The van der Waals surface area contributed by atoms with Gasteiger partial charge in [-0.3, -0.25) is 9.79 Å². The standard InChI is InChI=1S/C14H28N4O2.HI/c1-5-16-13(17-9-11-7-6-8-20-11)18-10-14(2,3)12(19)15-4;/h11H,5-10H2,1-4H3,(H,15,19)(H2,16,17,18);1H. The van der Waals surface area contributed by atoms with Crippen molar-refractivity contribution in [3.8, 4) is 0 Å². The van der Waals surface area contributed by atoms with Crippen LogP contribution in [0.3, 0.4) is 0 Å². The summed E-state index contributed by atoms with van der Waals surface area (Å²) in [6, 6.07) is 0. The summed E-state index contributed by atoms with van der Waals surface area (Å²) < 4.78 is 5.57. The van der Waals surface area contributed by atoms with Gasteiger partial charge in [0, 0.05) is 26.7 Å². The first-order valence-corrected chi connectivity index (χ1v) is 7.35. The SMILES string of the molecule is CCNC(=NCC(C)(C)C(=O)NC)NCC1CCCO1.I. The highest BCUT2D eigenvalue weighted by Gasteiger charge is 2.26. The van der Waals surface area contributed by atoms with Gasteiger partial charge in [-0.2, -0.15) is 0 Å². The molecule has 0 bridgehead atoms. The van der Waals surface area contributed by atoms with E-state index >= 15 is 0 Å². The fourth-order valence-electron chi connectivity index (χ4n) is 2.04. The molecule has 21 heavy (non-hydrogen) atoms. The third-order valence-corrected chi connectivity index (χ3v) is 3.34. The van der Waals surface area contributed by atoms with Crippen molar-refractivity contribution >= 4 is 35.8 Å². The van der Waals surface area contributed by atoms with Crippen molar-refractivity contribution < 1.29 is 9.53 Å². The Morgan fingerprint density at radius 3 is 2.62 bits per heavy atom. The number of hydrogen-bond acceptors (Lipinski definition) is 3. The van der Waals surface area contributed by atoms with E-state index in [1.54, 1.807) is 7.05 Å². The van der Waals surface area contributed by atoms with Crippen LogP contribution in [0, 0.1) is 5.41 Å². The molecule has 0 aromatic heterocycles. The topological polar surface area (TPSA) is 74.8 Å². The predicted molar refractivity (Wildman–Crippen MR) is 96.2 cm³/mol. The van der Waals surface area contributed by atoms with Gasteiger partial charge in [-0.15, -0.1) is 24.0 Å². The van der Waals surface area contributed by atoms with Gasteiger partial charge in [0.1, 0.15) is 0 Å². The van der Waals surface area contributed by atoms with Gasteiger partial charge in [0.05, 0.1) is 18.1 Å². The molecule has 7 heteroatoms. The molecular weight excluding hydrogens is 383 g/mol. The van der Waals surface area contributed by atoms with Gasteiger partial charge in [0.2, 0.25) is 5.91 Å². The highest BCUT2D eigenvalue weighted by molar-refractivity contribution is 14.0. The van der Waals surface area contributed by atoms with Crippen LogP contribution in [0.25, 0.3) is 0 Å². The molecule has 1 heterocycles. The number of aliphatic imine (C=N–C) groups is 1. The van der Waals surface area contributed by atoms with E-state index in [1.807, 2.05) is 20.8 Å². The number of nitrogens with one attached hydrogen (secondary N) is 3. The molecule has 1 unspecified atom stereocenters. The summed E-state index contributed by atoms with van der Waals surface area (Å²) in [6.07, 6.45) is 2.49. The zero-order valence-corrected chi connectivity index (χ0v) is 15.8. The molecule has 0 radical (unpaired) electrons. The number of amides is 1. The second-order valence-corrected chi connectivity index (χ2v) is 5.67. The first-order chi connectivity index (χ1) is 9.49. The van der Waals surface area contributed by atoms with Crippen LogP contribution in [0.15, 0.2) is 4.99 Å². The molecule has 1 amide bonds.